The number of carbonyl (C=O) groups is 2. The van der Waals surface area contributed by atoms with Crippen molar-refractivity contribution >= 4 is 11.9 Å². The molecule has 0 atom stereocenters. The van der Waals surface area contributed by atoms with Crippen molar-refractivity contribution < 1.29 is 24.5 Å². The molecule has 0 saturated carbocycles. The summed E-state index contributed by atoms with van der Waals surface area (Å²) in [5, 5.41) is 16.7. The minimum absolute atomic E-state index is 0.245. The summed E-state index contributed by atoms with van der Waals surface area (Å²) in [6, 6.07) is 0. The van der Waals surface area contributed by atoms with Crippen LogP contribution in [0.2, 0.25) is 0 Å². The number of ether oxygens (including phenoxy) is 1. The van der Waals surface area contributed by atoms with Gasteiger partial charge in [0.15, 0.2) is 0 Å². The molecule has 126 valence electrons. The Hall–Kier alpha value is -1.10. The highest BCUT2D eigenvalue weighted by atomic mass is 16.5. The van der Waals surface area contributed by atoms with Crippen molar-refractivity contribution in [2.75, 3.05) is 13.2 Å². The normalized spacial score (nSPS) is 9.81. The summed E-state index contributed by atoms with van der Waals surface area (Å²) in [5.41, 5.74) is 0. The van der Waals surface area contributed by atoms with Crippen molar-refractivity contribution in [3.05, 3.63) is 0 Å². The molecule has 5 nitrogen and oxygen atoms in total. The van der Waals surface area contributed by atoms with E-state index in [2.05, 4.69) is 13.8 Å². The average Bonchev–Trinajstić information content (AvgIpc) is 2.42. The van der Waals surface area contributed by atoms with Crippen LogP contribution < -0.4 is 0 Å². The summed E-state index contributed by atoms with van der Waals surface area (Å²) in [5.74, 6) is -1.48. The van der Waals surface area contributed by atoms with E-state index in [0.29, 0.717) is 0 Å². The molecule has 0 heterocycles. The van der Waals surface area contributed by atoms with Crippen LogP contribution >= 0.6 is 0 Å². The van der Waals surface area contributed by atoms with Gasteiger partial charge in [0.2, 0.25) is 0 Å². The van der Waals surface area contributed by atoms with Crippen LogP contribution in [0.25, 0.3) is 0 Å². The lowest BCUT2D eigenvalue weighted by atomic mass is 10.1. The van der Waals surface area contributed by atoms with Crippen molar-refractivity contribution in [3.8, 4) is 0 Å². The summed E-state index contributed by atoms with van der Waals surface area (Å²) in [6.07, 6.45) is 8.10. The SMILES string of the molecule is CCCOCCC.O=C(O)CCCCCCCCC(=O)O. The predicted molar refractivity (Wildman–Crippen MR) is 83.6 cm³/mol. The molecule has 0 aromatic carbocycles. The second kappa shape index (κ2) is 18.9. The van der Waals surface area contributed by atoms with E-state index in [4.69, 9.17) is 14.9 Å². The van der Waals surface area contributed by atoms with Crippen LogP contribution in [-0.2, 0) is 14.3 Å². The van der Waals surface area contributed by atoms with Crippen LogP contribution in [0.1, 0.15) is 78.1 Å². The first kappa shape index (κ1) is 22.2. The maximum absolute atomic E-state index is 10.1. The third kappa shape index (κ3) is 27.9. The van der Waals surface area contributed by atoms with Gasteiger partial charge < -0.3 is 14.9 Å². The van der Waals surface area contributed by atoms with E-state index < -0.39 is 11.9 Å². The molecule has 0 aromatic rings. The fraction of sp³-hybridized carbons (Fsp3) is 0.875. The second-order valence-electron chi connectivity index (χ2n) is 5.02. The smallest absolute Gasteiger partial charge is 0.303 e. The van der Waals surface area contributed by atoms with E-state index in [1.807, 2.05) is 0 Å². The molecule has 0 bridgehead atoms. The lowest BCUT2D eigenvalue weighted by Crippen LogP contribution is -1.94. The van der Waals surface area contributed by atoms with Gasteiger partial charge in [0.1, 0.15) is 0 Å². The maximum atomic E-state index is 10.1. The van der Waals surface area contributed by atoms with E-state index in [9.17, 15) is 9.59 Å². The van der Waals surface area contributed by atoms with Crippen LogP contribution in [0.15, 0.2) is 0 Å². The zero-order chi connectivity index (χ0) is 16.3. The third-order valence-electron chi connectivity index (χ3n) is 2.73. The molecule has 0 spiro atoms. The van der Waals surface area contributed by atoms with Gasteiger partial charge in [-0.25, -0.2) is 0 Å². The second-order valence-corrected chi connectivity index (χ2v) is 5.02. The number of hydrogen-bond donors (Lipinski definition) is 2. The molecule has 0 saturated heterocycles. The summed E-state index contributed by atoms with van der Waals surface area (Å²) in [6.45, 7) is 6.09. The molecule has 0 aromatic heterocycles. The molecule has 5 heteroatoms. The number of aliphatic carboxylic acids is 2. The Morgan fingerprint density at radius 2 is 1.05 bits per heavy atom. The van der Waals surface area contributed by atoms with Crippen LogP contribution in [0.4, 0.5) is 0 Å². The highest BCUT2D eigenvalue weighted by Crippen LogP contribution is 2.08. The molecule has 0 fully saturated rings. The van der Waals surface area contributed by atoms with E-state index in [1.54, 1.807) is 0 Å². The largest absolute Gasteiger partial charge is 0.481 e. The minimum Gasteiger partial charge on any atom is -0.481 e. The number of rotatable bonds is 13. The van der Waals surface area contributed by atoms with Gasteiger partial charge in [0, 0.05) is 26.1 Å². The van der Waals surface area contributed by atoms with Gasteiger partial charge in [-0.2, -0.15) is 0 Å². The fourth-order valence-corrected chi connectivity index (χ4v) is 1.65. The first-order valence-electron chi connectivity index (χ1n) is 8.05. The summed E-state index contributed by atoms with van der Waals surface area (Å²) < 4.78 is 5.13. The topological polar surface area (TPSA) is 83.8 Å². The quantitative estimate of drug-likeness (QED) is 0.500. The van der Waals surface area contributed by atoms with Crippen molar-refractivity contribution in [1.29, 1.82) is 0 Å². The monoisotopic (exact) mass is 304 g/mol. The first-order chi connectivity index (χ1) is 10.0. The Morgan fingerprint density at radius 1 is 0.714 bits per heavy atom. The number of unbranched alkanes of at least 4 members (excludes halogenated alkanes) is 5. The molecule has 0 amide bonds. The lowest BCUT2D eigenvalue weighted by Gasteiger charge is -1.98. The highest BCUT2D eigenvalue weighted by molar-refractivity contribution is 5.66. The molecule has 0 aliphatic carbocycles. The zero-order valence-corrected chi connectivity index (χ0v) is 13.6. The van der Waals surface area contributed by atoms with Crippen LogP contribution in [0.5, 0.6) is 0 Å². The van der Waals surface area contributed by atoms with E-state index in [1.165, 1.54) is 0 Å². The van der Waals surface area contributed by atoms with Gasteiger partial charge in [-0.3, -0.25) is 9.59 Å². The lowest BCUT2D eigenvalue weighted by molar-refractivity contribution is -0.138. The number of hydrogen-bond acceptors (Lipinski definition) is 3. The molecule has 0 unspecified atom stereocenters. The number of carboxylic acid groups (broad SMARTS) is 2. The highest BCUT2D eigenvalue weighted by Gasteiger charge is 1.98. The van der Waals surface area contributed by atoms with E-state index >= 15 is 0 Å². The molecular formula is C16H32O5. The van der Waals surface area contributed by atoms with Gasteiger partial charge in [-0.05, 0) is 25.7 Å². The maximum Gasteiger partial charge on any atom is 0.303 e. The molecule has 0 radical (unpaired) electrons. The van der Waals surface area contributed by atoms with E-state index in [0.717, 1.165) is 64.6 Å². The Labute approximate surface area is 128 Å². The molecule has 0 aliphatic rings. The van der Waals surface area contributed by atoms with Gasteiger partial charge >= 0.3 is 11.9 Å². The van der Waals surface area contributed by atoms with Crippen molar-refractivity contribution in [2.24, 2.45) is 0 Å². The average molecular weight is 304 g/mol. The van der Waals surface area contributed by atoms with E-state index in [-0.39, 0.29) is 12.8 Å². The standard InChI is InChI=1S/C10H18O4.C6H14O/c11-9(12)7-5-3-1-2-4-6-8-10(13)14;1-3-5-7-6-4-2/h1-8H2,(H,11,12)(H,13,14);3-6H2,1-2H3. The van der Waals surface area contributed by atoms with Crippen LogP contribution in [0.3, 0.4) is 0 Å². The Kier molecular flexibility index (Phi) is 20.0. The summed E-state index contributed by atoms with van der Waals surface area (Å²) in [4.78, 5) is 20.3. The van der Waals surface area contributed by atoms with Crippen LogP contribution in [-0.4, -0.2) is 35.4 Å². The summed E-state index contributed by atoms with van der Waals surface area (Å²) >= 11 is 0. The van der Waals surface area contributed by atoms with Gasteiger partial charge in [-0.1, -0.05) is 39.5 Å². The number of carboxylic acids is 2. The molecule has 2 N–H and O–H groups in total. The van der Waals surface area contributed by atoms with Crippen LogP contribution in [0, 0.1) is 0 Å². The first-order valence-corrected chi connectivity index (χ1v) is 8.05. The van der Waals surface area contributed by atoms with Crippen molar-refractivity contribution in [3.63, 3.8) is 0 Å². The van der Waals surface area contributed by atoms with Gasteiger partial charge in [-0.15, -0.1) is 0 Å². The van der Waals surface area contributed by atoms with Gasteiger partial charge in [0.25, 0.3) is 0 Å². The van der Waals surface area contributed by atoms with Crippen molar-refractivity contribution in [2.45, 2.75) is 78.1 Å². The minimum atomic E-state index is -0.740. The zero-order valence-electron chi connectivity index (χ0n) is 13.6. The molecular weight excluding hydrogens is 272 g/mol. The van der Waals surface area contributed by atoms with Crippen molar-refractivity contribution in [1.82, 2.24) is 0 Å². The third-order valence-corrected chi connectivity index (χ3v) is 2.73. The molecule has 0 rings (SSSR count). The Bertz CT molecular complexity index is 217. The molecule has 0 aliphatic heterocycles. The summed E-state index contributed by atoms with van der Waals surface area (Å²) in [7, 11) is 0. The predicted octanol–water partition coefficient (Wildman–Crippen LogP) is 4.10. The van der Waals surface area contributed by atoms with Gasteiger partial charge in [0.05, 0.1) is 0 Å². The molecule has 21 heavy (non-hydrogen) atoms. The Morgan fingerprint density at radius 3 is 1.33 bits per heavy atom. The Balaban J connectivity index is 0. The fourth-order valence-electron chi connectivity index (χ4n) is 1.65.